The van der Waals surface area contributed by atoms with Gasteiger partial charge in [0, 0.05) is 5.54 Å². The van der Waals surface area contributed by atoms with Gasteiger partial charge in [-0.3, -0.25) is 0 Å². The van der Waals surface area contributed by atoms with Crippen molar-refractivity contribution in [2.45, 2.75) is 77.7 Å². The summed E-state index contributed by atoms with van der Waals surface area (Å²) in [5, 5.41) is 3.52. The summed E-state index contributed by atoms with van der Waals surface area (Å²) in [5.74, 6) is 0. The molecule has 1 aliphatic rings. The molecule has 0 saturated heterocycles. The van der Waals surface area contributed by atoms with Gasteiger partial charge in [-0.05, 0) is 39.2 Å². The first-order chi connectivity index (χ1) is 7.02. The van der Waals surface area contributed by atoms with E-state index in [2.05, 4.69) is 33.1 Å². The molecule has 0 aliphatic heterocycles. The van der Waals surface area contributed by atoms with Crippen LogP contribution >= 0.6 is 0 Å². The molecule has 0 amide bonds. The minimum atomic E-state index is 0.275. The molecule has 1 nitrogen and oxygen atoms in total. The molecule has 0 aromatic heterocycles. The highest BCUT2D eigenvalue weighted by molar-refractivity contribution is 4.95. The fraction of sp³-hybridized carbons (Fsp3) is 1.00. The van der Waals surface area contributed by atoms with Crippen molar-refractivity contribution in [1.29, 1.82) is 0 Å². The third-order valence-electron chi connectivity index (χ3n) is 4.84. The van der Waals surface area contributed by atoms with Crippen LogP contribution in [0.4, 0.5) is 0 Å². The molecule has 15 heavy (non-hydrogen) atoms. The number of rotatable bonds is 2. The second-order valence-electron chi connectivity index (χ2n) is 6.06. The average Bonchev–Trinajstić information content (AvgIpc) is 2.31. The zero-order valence-corrected chi connectivity index (χ0v) is 11.2. The van der Waals surface area contributed by atoms with Crippen LogP contribution in [-0.2, 0) is 0 Å². The highest BCUT2D eigenvalue weighted by Crippen LogP contribution is 2.41. The Bertz CT molecular complexity index is 174. The van der Waals surface area contributed by atoms with Crippen LogP contribution < -0.4 is 5.32 Å². The van der Waals surface area contributed by atoms with Crippen LogP contribution in [-0.4, -0.2) is 12.6 Å². The van der Waals surface area contributed by atoms with Crippen molar-refractivity contribution < 1.29 is 0 Å². The second kappa shape index (κ2) is 5.34. The van der Waals surface area contributed by atoms with Gasteiger partial charge in [0.25, 0.3) is 0 Å². The van der Waals surface area contributed by atoms with Gasteiger partial charge in [0.2, 0.25) is 0 Å². The van der Waals surface area contributed by atoms with E-state index in [-0.39, 0.29) is 5.54 Å². The standard InChI is InChI=1S/C14H29N/c1-13(2,15-4)14(3)11-9-7-5-6-8-10-12-14/h15H,5-12H2,1-4H3. The minimum Gasteiger partial charge on any atom is -0.314 e. The Morgan fingerprint density at radius 3 is 1.67 bits per heavy atom. The van der Waals surface area contributed by atoms with Crippen LogP contribution in [0.2, 0.25) is 0 Å². The molecule has 0 aromatic carbocycles. The van der Waals surface area contributed by atoms with E-state index in [9.17, 15) is 0 Å². The Balaban J connectivity index is 2.68. The summed E-state index contributed by atoms with van der Waals surface area (Å²) in [6, 6.07) is 0. The van der Waals surface area contributed by atoms with E-state index >= 15 is 0 Å². The first kappa shape index (κ1) is 13.0. The van der Waals surface area contributed by atoms with Gasteiger partial charge in [-0.1, -0.05) is 45.4 Å². The third kappa shape index (κ3) is 3.21. The number of hydrogen-bond acceptors (Lipinski definition) is 1. The Labute approximate surface area is 96.0 Å². The van der Waals surface area contributed by atoms with Crippen LogP contribution in [0, 0.1) is 5.41 Å². The van der Waals surface area contributed by atoms with Crippen molar-refractivity contribution in [3.63, 3.8) is 0 Å². The molecule has 1 heteroatoms. The molecule has 0 heterocycles. The molecule has 1 fully saturated rings. The van der Waals surface area contributed by atoms with Crippen LogP contribution in [0.5, 0.6) is 0 Å². The van der Waals surface area contributed by atoms with Gasteiger partial charge in [-0.15, -0.1) is 0 Å². The Kier molecular flexibility index (Phi) is 4.64. The fourth-order valence-electron chi connectivity index (χ4n) is 2.79. The van der Waals surface area contributed by atoms with E-state index in [1.165, 1.54) is 51.4 Å². The highest BCUT2D eigenvalue weighted by atomic mass is 14.9. The Morgan fingerprint density at radius 1 is 0.867 bits per heavy atom. The second-order valence-corrected chi connectivity index (χ2v) is 6.06. The minimum absolute atomic E-state index is 0.275. The molecule has 1 aliphatic carbocycles. The molecular formula is C14H29N. The molecule has 90 valence electrons. The van der Waals surface area contributed by atoms with Crippen molar-refractivity contribution in [2.75, 3.05) is 7.05 Å². The SMILES string of the molecule is CNC(C)(C)C1(C)CCCCCCCC1. The van der Waals surface area contributed by atoms with E-state index in [1.54, 1.807) is 0 Å². The molecule has 1 saturated carbocycles. The molecule has 0 unspecified atom stereocenters. The molecule has 0 atom stereocenters. The highest BCUT2D eigenvalue weighted by Gasteiger charge is 2.38. The fourth-order valence-corrected chi connectivity index (χ4v) is 2.79. The maximum absolute atomic E-state index is 3.52. The molecule has 0 radical (unpaired) electrons. The van der Waals surface area contributed by atoms with Gasteiger partial charge >= 0.3 is 0 Å². The summed E-state index contributed by atoms with van der Waals surface area (Å²) in [6.45, 7) is 7.21. The zero-order chi connectivity index (χ0) is 11.4. The number of nitrogens with one attached hydrogen (secondary N) is 1. The third-order valence-corrected chi connectivity index (χ3v) is 4.84. The molecule has 0 spiro atoms. The van der Waals surface area contributed by atoms with E-state index < -0.39 is 0 Å². The van der Waals surface area contributed by atoms with Crippen LogP contribution in [0.15, 0.2) is 0 Å². The lowest BCUT2D eigenvalue weighted by Crippen LogP contribution is -2.51. The zero-order valence-electron chi connectivity index (χ0n) is 11.2. The maximum atomic E-state index is 3.52. The summed E-state index contributed by atoms with van der Waals surface area (Å²) in [5.41, 5.74) is 0.753. The van der Waals surface area contributed by atoms with E-state index in [0.717, 1.165) is 0 Å². The first-order valence-electron chi connectivity index (χ1n) is 6.71. The summed E-state index contributed by atoms with van der Waals surface area (Å²) >= 11 is 0. The predicted molar refractivity (Wildman–Crippen MR) is 68.2 cm³/mol. The molecule has 0 aromatic rings. The van der Waals surface area contributed by atoms with Crippen molar-refractivity contribution >= 4 is 0 Å². The molecule has 0 bridgehead atoms. The first-order valence-corrected chi connectivity index (χ1v) is 6.71. The van der Waals surface area contributed by atoms with Gasteiger partial charge < -0.3 is 5.32 Å². The van der Waals surface area contributed by atoms with Crippen LogP contribution in [0.1, 0.15) is 72.1 Å². The lowest BCUT2D eigenvalue weighted by atomic mass is 9.67. The molecule has 1 rings (SSSR count). The Morgan fingerprint density at radius 2 is 1.27 bits per heavy atom. The van der Waals surface area contributed by atoms with Gasteiger partial charge in [0.15, 0.2) is 0 Å². The average molecular weight is 211 g/mol. The van der Waals surface area contributed by atoms with Gasteiger partial charge in [0.1, 0.15) is 0 Å². The van der Waals surface area contributed by atoms with E-state index in [4.69, 9.17) is 0 Å². The normalized spacial score (nSPS) is 24.0. The van der Waals surface area contributed by atoms with Crippen LogP contribution in [0.3, 0.4) is 0 Å². The monoisotopic (exact) mass is 211 g/mol. The quantitative estimate of drug-likeness (QED) is 0.724. The van der Waals surface area contributed by atoms with Crippen molar-refractivity contribution in [3.8, 4) is 0 Å². The summed E-state index contributed by atoms with van der Waals surface area (Å²) < 4.78 is 0. The van der Waals surface area contributed by atoms with Gasteiger partial charge in [0.05, 0.1) is 0 Å². The largest absolute Gasteiger partial charge is 0.314 e. The molecular weight excluding hydrogens is 182 g/mol. The van der Waals surface area contributed by atoms with E-state index in [0.29, 0.717) is 5.41 Å². The van der Waals surface area contributed by atoms with Crippen molar-refractivity contribution in [3.05, 3.63) is 0 Å². The lowest BCUT2D eigenvalue weighted by Gasteiger charge is -2.45. The topological polar surface area (TPSA) is 12.0 Å². The smallest absolute Gasteiger partial charge is 0.0175 e. The van der Waals surface area contributed by atoms with Crippen LogP contribution in [0.25, 0.3) is 0 Å². The predicted octanol–water partition coefficient (Wildman–Crippen LogP) is 4.13. The van der Waals surface area contributed by atoms with E-state index in [1.807, 2.05) is 0 Å². The summed E-state index contributed by atoms with van der Waals surface area (Å²) in [4.78, 5) is 0. The maximum Gasteiger partial charge on any atom is 0.0175 e. The van der Waals surface area contributed by atoms with Gasteiger partial charge in [-0.2, -0.15) is 0 Å². The lowest BCUT2D eigenvalue weighted by molar-refractivity contribution is 0.110. The number of hydrogen-bond donors (Lipinski definition) is 1. The summed E-state index contributed by atoms with van der Waals surface area (Å²) in [6.07, 6.45) is 11.4. The Hall–Kier alpha value is -0.0400. The van der Waals surface area contributed by atoms with Crippen molar-refractivity contribution in [1.82, 2.24) is 5.32 Å². The van der Waals surface area contributed by atoms with Crippen molar-refractivity contribution in [2.24, 2.45) is 5.41 Å². The van der Waals surface area contributed by atoms with Gasteiger partial charge in [-0.25, -0.2) is 0 Å². The molecule has 1 N–H and O–H groups in total. The summed E-state index contributed by atoms with van der Waals surface area (Å²) in [7, 11) is 2.11.